The van der Waals surface area contributed by atoms with E-state index in [2.05, 4.69) is 19.5 Å². The van der Waals surface area contributed by atoms with Crippen LogP contribution in [0.2, 0.25) is 0 Å². The van der Waals surface area contributed by atoms with Crippen LogP contribution in [-0.2, 0) is 4.79 Å². The van der Waals surface area contributed by atoms with Crippen LogP contribution >= 0.6 is 0 Å². The average Bonchev–Trinajstić information content (AvgIpc) is 3.03. The van der Waals surface area contributed by atoms with Crippen molar-refractivity contribution in [2.75, 3.05) is 13.1 Å². The van der Waals surface area contributed by atoms with Gasteiger partial charge in [0.1, 0.15) is 17.3 Å². The van der Waals surface area contributed by atoms with E-state index < -0.39 is 12.1 Å². The summed E-state index contributed by atoms with van der Waals surface area (Å²) in [5.41, 5.74) is 2.75. The van der Waals surface area contributed by atoms with Crippen molar-refractivity contribution >= 4 is 28.0 Å². The van der Waals surface area contributed by atoms with E-state index in [4.69, 9.17) is 0 Å². The third-order valence-corrected chi connectivity index (χ3v) is 5.25. The Hall–Kier alpha value is -2.44. The van der Waals surface area contributed by atoms with Crippen molar-refractivity contribution in [2.24, 2.45) is 5.92 Å². The molecule has 124 valence electrons. The third-order valence-electron chi connectivity index (χ3n) is 5.25. The first kappa shape index (κ1) is 13.9. The standard InChI is InChI=1S/C17H18FN5O/c18-13-6-12(13)17(24)22-5-1-2-10(8-22)23-9-21-14-7-20-16-11(15(14)23)3-4-19-16/h3-4,7,9-10,12-13H,1-2,5-6,8H2,(H,19,20)/t10-,12?,13?/m1/s1. The first-order chi connectivity index (χ1) is 11.7. The SMILES string of the molecule is O=C(C1CC1F)N1CCC[C@@H](n2cnc3cnc4[nH]ccc4c32)C1. The minimum Gasteiger partial charge on any atom is -0.346 e. The quantitative estimate of drug-likeness (QED) is 0.786. The van der Waals surface area contributed by atoms with Crippen LogP contribution in [0, 0.1) is 5.92 Å². The van der Waals surface area contributed by atoms with Crippen molar-refractivity contribution in [1.82, 2.24) is 24.4 Å². The van der Waals surface area contributed by atoms with Crippen molar-refractivity contribution in [3.05, 3.63) is 24.8 Å². The molecule has 1 N–H and O–H groups in total. The number of alkyl halides is 1. The second kappa shape index (κ2) is 5.03. The van der Waals surface area contributed by atoms with Crippen molar-refractivity contribution in [3.8, 4) is 0 Å². The zero-order valence-corrected chi connectivity index (χ0v) is 13.2. The maximum Gasteiger partial charge on any atom is 0.228 e. The number of imidazole rings is 1. The first-order valence-electron chi connectivity index (χ1n) is 8.44. The summed E-state index contributed by atoms with van der Waals surface area (Å²) in [6.07, 6.45) is 6.87. The maximum atomic E-state index is 13.2. The molecule has 0 radical (unpaired) electrons. The minimum absolute atomic E-state index is 0.0231. The third kappa shape index (κ3) is 2.03. The Bertz CT molecular complexity index is 932. The molecule has 1 saturated carbocycles. The Labute approximate surface area is 137 Å². The molecule has 6 nitrogen and oxygen atoms in total. The molecule has 2 fully saturated rings. The number of halogens is 1. The molecule has 3 atom stereocenters. The van der Waals surface area contributed by atoms with Gasteiger partial charge in [-0.05, 0) is 25.3 Å². The van der Waals surface area contributed by atoms with E-state index in [9.17, 15) is 9.18 Å². The van der Waals surface area contributed by atoms with Crippen LogP contribution in [-0.4, -0.2) is 49.6 Å². The normalized spacial score (nSPS) is 27.0. The molecule has 0 spiro atoms. The summed E-state index contributed by atoms with van der Waals surface area (Å²) in [6.45, 7) is 1.36. The van der Waals surface area contributed by atoms with Gasteiger partial charge in [0.25, 0.3) is 0 Å². The van der Waals surface area contributed by atoms with Crippen LogP contribution < -0.4 is 0 Å². The summed E-state index contributed by atoms with van der Waals surface area (Å²) >= 11 is 0. The number of piperidine rings is 1. The first-order valence-corrected chi connectivity index (χ1v) is 8.44. The highest BCUT2D eigenvalue weighted by atomic mass is 19.1. The molecule has 1 amide bonds. The average molecular weight is 327 g/mol. The van der Waals surface area contributed by atoms with Crippen LogP contribution in [0.4, 0.5) is 4.39 Å². The van der Waals surface area contributed by atoms with Gasteiger partial charge >= 0.3 is 0 Å². The molecule has 2 unspecified atom stereocenters. The Morgan fingerprint density at radius 2 is 2.25 bits per heavy atom. The smallest absolute Gasteiger partial charge is 0.228 e. The fourth-order valence-corrected chi connectivity index (χ4v) is 3.84. The Morgan fingerprint density at radius 1 is 1.38 bits per heavy atom. The Balaban J connectivity index is 1.50. The molecular formula is C17H18FN5O. The number of fused-ring (bicyclic) bond motifs is 3. The topological polar surface area (TPSA) is 66.8 Å². The number of nitrogens with one attached hydrogen (secondary N) is 1. The second-order valence-corrected chi connectivity index (χ2v) is 6.82. The molecule has 24 heavy (non-hydrogen) atoms. The van der Waals surface area contributed by atoms with E-state index in [0.29, 0.717) is 13.0 Å². The van der Waals surface area contributed by atoms with Gasteiger partial charge in [0.2, 0.25) is 5.91 Å². The zero-order chi connectivity index (χ0) is 16.3. The lowest BCUT2D eigenvalue weighted by atomic mass is 10.0. The van der Waals surface area contributed by atoms with Crippen LogP contribution in [0.25, 0.3) is 22.1 Å². The van der Waals surface area contributed by atoms with Gasteiger partial charge < -0.3 is 14.5 Å². The molecule has 7 heteroatoms. The van der Waals surface area contributed by atoms with Gasteiger partial charge in [0.05, 0.1) is 30.0 Å². The molecule has 5 rings (SSSR count). The fraction of sp³-hybridized carbons (Fsp3) is 0.471. The summed E-state index contributed by atoms with van der Waals surface area (Å²) in [5.74, 6) is -0.422. The minimum atomic E-state index is -0.933. The number of likely N-dealkylation sites (tertiary alicyclic amines) is 1. The van der Waals surface area contributed by atoms with Crippen molar-refractivity contribution in [3.63, 3.8) is 0 Å². The number of carbonyl (C=O) groups is 1. The van der Waals surface area contributed by atoms with Crippen molar-refractivity contribution in [2.45, 2.75) is 31.5 Å². The van der Waals surface area contributed by atoms with E-state index >= 15 is 0 Å². The van der Waals surface area contributed by atoms with Gasteiger partial charge in [-0.1, -0.05) is 0 Å². The monoisotopic (exact) mass is 327 g/mol. The van der Waals surface area contributed by atoms with Gasteiger partial charge in [-0.3, -0.25) is 4.79 Å². The molecule has 1 aliphatic heterocycles. The molecule has 2 aliphatic rings. The molecule has 0 bridgehead atoms. The summed E-state index contributed by atoms with van der Waals surface area (Å²) in [4.78, 5) is 26.2. The van der Waals surface area contributed by atoms with Gasteiger partial charge in [-0.2, -0.15) is 0 Å². The van der Waals surface area contributed by atoms with Gasteiger partial charge in [-0.25, -0.2) is 14.4 Å². The summed E-state index contributed by atoms with van der Waals surface area (Å²) in [5, 5.41) is 1.04. The lowest BCUT2D eigenvalue weighted by Gasteiger charge is -2.34. The van der Waals surface area contributed by atoms with Gasteiger partial charge in [0, 0.05) is 24.7 Å². The van der Waals surface area contributed by atoms with Crippen LogP contribution in [0.1, 0.15) is 25.3 Å². The van der Waals surface area contributed by atoms with Gasteiger partial charge in [-0.15, -0.1) is 0 Å². The Kier molecular flexibility index (Phi) is 2.92. The fourth-order valence-electron chi connectivity index (χ4n) is 3.84. The van der Waals surface area contributed by atoms with Crippen LogP contribution in [0.3, 0.4) is 0 Å². The maximum absolute atomic E-state index is 13.2. The highest BCUT2D eigenvalue weighted by Gasteiger charge is 2.46. The number of pyridine rings is 1. The highest BCUT2D eigenvalue weighted by Crippen LogP contribution is 2.37. The summed E-state index contributed by atoms with van der Waals surface area (Å²) < 4.78 is 15.4. The summed E-state index contributed by atoms with van der Waals surface area (Å²) in [7, 11) is 0. The Morgan fingerprint density at radius 3 is 3.08 bits per heavy atom. The number of amides is 1. The van der Waals surface area contributed by atoms with Crippen LogP contribution in [0.5, 0.6) is 0 Å². The molecule has 4 heterocycles. The zero-order valence-electron chi connectivity index (χ0n) is 13.2. The van der Waals surface area contributed by atoms with E-state index in [1.54, 1.807) is 6.20 Å². The van der Waals surface area contributed by atoms with E-state index in [1.165, 1.54) is 0 Å². The number of nitrogens with zero attached hydrogens (tertiary/aromatic N) is 4. The number of aromatic amines is 1. The van der Waals surface area contributed by atoms with Gasteiger partial charge in [0.15, 0.2) is 0 Å². The van der Waals surface area contributed by atoms with E-state index in [0.717, 1.165) is 41.5 Å². The van der Waals surface area contributed by atoms with E-state index in [1.807, 2.05) is 23.5 Å². The number of carbonyl (C=O) groups excluding carboxylic acids is 1. The lowest BCUT2D eigenvalue weighted by molar-refractivity contribution is -0.134. The van der Waals surface area contributed by atoms with Crippen LogP contribution in [0.15, 0.2) is 24.8 Å². The molecule has 1 saturated heterocycles. The molecule has 1 aliphatic carbocycles. The molecule has 3 aromatic heterocycles. The predicted octanol–water partition coefficient (Wildman–Crippen LogP) is 2.43. The number of aromatic nitrogens is 4. The molecule has 0 aromatic carbocycles. The number of H-pyrrole nitrogens is 1. The van der Waals surface area contributed by atoms with Crippen molar-refractivity contribution in [1.29, 1.82) is 0 Å². The molecular weight excluding hydrogens is 309 g/mol. The van der Waals surface area contributed by atoms with Crippen molar-refractivity contribution < 1.29 is 9.18 Å². The lowest BCUT2D eigenvalue weighted by Crippen LogP contribution is -2.41. The molecule has 3 aromatic rings. The number of hydrogen-bond acceptors (Lipinski definition) is 3. The highest BCUT2D eigenvalue weighted by molar-refractivity contribution is 6.01. The summed E-state index contributed by atoms with van der Waals surface area (Å²) in [6, 6.07) is 2.18. The predicted molar refractivity (Wildman–Crippen MR) is 87.2 cm³/mol. The number of hydrogen-bond donors (Lipinski definition) is 1. The number of rotatable bonds is 2. The van der Waals surface area contributed by atoms with E-state index in [-0.39, 0.29) is 11.9 Å². The largest absolute Gasteiger partial charge is 0.346 e. The second-order valence-electron chi connectivity index (χ2n) is 6.82.